The van der Waals surface area contributed by atoms with Crippen molar-refractivity contribution in [2.75, 3.05) is 6.54 Å². The number of benzene rings is 1. The van der Waals surface area contributed by atoms with Gasteiger partial charge in [-0.15, -0.1) is 0 Å². The first-order valence-corrected chi connectivity index (χ1v) is 12.4. The molecule has 0 N–H and O–H groups in total. The number of ketones is 1. The Kier molecular flexibility index (Phi) is 7.48. The lowest BCUT2D eigenvalue weighted by atomic mass is 9.66. The molecule has 1 aromatic carbocycles. The Morgan fingerprint density at radius 2 is 1.97 bits per heavy atom. The van der Waals surface area contributed by atoms with Crippen LogP contribution in [0.25, 0.3) is 0 Å². The molecule has 3 nitrogen and oxygen atoms in total. The van der Waals surface area contributed by atoms with Crippen LogP contribution in [0.15, 0.2) is 60.1 Å². The molecule has 0 bridgehead atoms. The molecule has 1 aliphatic carbocycles. The van der Waals surface area contributed by atoms with Crippen LogP contribution in [-0.4, -0.2) is 22.2 Å². The average molecular weight is 483 g/mol. The van der Waals surface area contributed by atoms with Gasteiger partial charge in [-0.05, 0) is 98.0 Å². The van der Waals surface area contributed by atoms with Crippen LogP contribution in [0.4, 0.5) is 13.2 Å². The summed E-state index contributed by atoms with van der Waals surface area (Å²) < 4.78 is 41.1. The maximum atomic E-state index is 13.7. The zero-order valence-electron chi connectivity index (χ0n) is 20.7. The van der Waals surface area contributed by atoms with E-state index < -0.39 is 11.7 Å². The first-order chi connectivity index (χ1) is 16.7. The Morgan fingerprint density at radius 1 is 1.17 bits per heavy atom. The van der Waals surface area contributed by atoms with Gasteiger partial charge in [0.05, 0.1) is 5.56 Å². The average Bonchev–Trinajstić information content (AvgIpc) is 2.98. The van der Waals surface area contributed by atoms with Gasteiger partial charge in [-0.25, -0.2) is 0 Å². The standard InChI is InChI=1S/C29H33F3N2O/c1-4-21-5-6-23(27(15-21)29(30,31)32)18-34-13-10-19(2)24(11-14-34)26-8-7-22(26)16-28(35)25-9-12-33-17-20(25)3/h5-6,9,11-12,14-15,17,22,26H,4,7-8,10,13,16,18H2,1-3H3. The van der Waals surface area contributed by atoms with Gasteiger partial charge in [0.2, 0.25) is 0 Å². The summed E-state index contributed by atoms with van der Waals surface area (Å²) in [4.78, 5) is 19.0. The van der Waals surface area contributed by atoms with Crippen LogP contribution in [-0.2, 0) is 19.1 Å². The fourth-order valence-corrected chi connectivity index (χ4v) is 5.25. The van der Waals surface area contributed by atoms with Crippen LogP contribution in [0.3, 0.4) is 0 Å². The van der Waals surface area contributed by atoms with E-state index in [1.807, 2.05) is 24.9 Å². The van der Waals surface area contributed by atoms with Crippen LogP contribution >= 0.6 is 0 Å². The van der Waals surface area contributed by atoms with Crippen molar-refractivity contribution in [1.82, 2.24) is 9.88 Å². The fourth-order valence-electron chi connectivity index (χ4n) is 5.25. The summed E-state index contributed by atoms with van der Waals surface area (Å²) in [6.45, 7) is 6.79. The number of rotatable bonds is 7. The van der Waals surface area contributed by atoms with E-state index in [-0.39, 0.29) is 12.3 Å². The Morgan fingerprint density at radius 3 is 2.63 bits per heavy atom. The quantitative estimate of drug-likeness (QED) is 0.388. The van der Waals surface area contributed by atoms with Crippen molar-refractivity contribution < 1.29 is 18.0 Å². The predicted octanol–water partition coefficient (Wildman–Crippen LogP) is 7.31. The Hall–Kier alpha value is -2.89. The van der Waals surface area contributed by atoms with Gasteiger partial charge < -0.3 is 4.90 Å². The molecule has 35 heavy (non-hydrogen) atoms. The highest BCUT2D eigenvalue weighted by molar-refractivity contribution is 5.97. The molecular weight excluding hydrogens is 449 g/mol. The third kappa shape index (κ3) is 5.68. The molecule has 1 aliphatic heterocycles. The lowest BCUT2D eigenvalue weighted by Gasteiger charge is -2.38. The molecule has 2 heterocycles. The molecule has 1 saturated carbocycles. The molecule has 2 aromatic rings. The second kappa shape index (κ2) is 10.4. The van der Waals surface area contributed by atoms with E-state index in [0.717, 1.165) is 30.4 Å². The molecule has 0 amide bonds. The number of hydrogen-bond donors (Lipinski definition) is 0. The molecule has 186 valence electrons. The highest BCUT2D eigenvalue weighted by atomic mass is 19.4. The van der Waals surface area contributed by atoms with Crippen LogP contribution < -0.4 is 0 Å². The molecule has 4 rings (SSSR count). The van der Waals surface area contributed by atoms with E-state index >= 15 is 0 Å². The van der Waals surface area contributed by atoms with Crippen LogP contribution in [0.1, 0.15) is 72.1 Å². The van der Waals surface area contributed by atoms with Crippen molar-refractivity contribution in [3.63, 3.8) is 0 Å². The number of allylic oxidation sites excluding steroid dienone is 2. The predicted molar refractivity (Wildman–Crippen MR) is 132 cm³/mol. The second-order valence-electron chi connectivity index (χ2n) is 9.88. The number of pyridine rings is 1. The number of Topliss-reactive ketones (excluding diaryl/α,β-unsaturated/α-hetero) is 1. The van der Waals surface area contributed by atoms with E-state index in [0.29, 0.717) is 42.3 Å². The summed E-state index contributed by atoms with van der Waals surface area (Å²) in [7, 11) is 0. The number of alkyl halides is 3. The molecule has 0 radical (unpaired) electrons. The molecule has 1 aromatic heterocycles. The molecule has 2 unspecified atom stereocenters. The zero-order valence-corrected chi connectivity index (χ0v) is 20.7. The highest BCUT2D eigenvalue weighted by Crippen LogP contribution is 2.45. The second-order valence-corrected chi connectivity index (χ2v) is 9.88. The molecule has 1 fully saturated rings. The maximum absolute atomic E-state index is 13.7. The van der Waals surface area contributed by atoms with Crippen molar-refractivity contribution in [3.05, 3.63) is 87.9 Å². The summed E-state index contributed by atoms with van der Waals surface area (Å²) >= 11 is 0. The summed E-state index contributed by atoms with van der Waals surface area (Å²) in [5, 5.41) is 0. The summed E-state index contributed by atoms with van der Waals surface area (Å²) in [5.41, 5.74) is 4.62. The van der Waals surface area contributed by atoms with Crippen molar-refractivity contribution >= 4 is 5.78 Å². The van der Waals surface area contributed by atoms with Gasteiger partial charge in [-0.1, -0.05) is 24.6 Å². The van der Waals surface area contributed by atoms with E-state index in [4.69, 9.17) is 0 Å². The SMILES string of the molecule is CCc1ccc(CN2C=CC(C3CCC3CC(=O)c3ccncc3C)=C(C)CC2)c(C(F)(F)F)c1. The lowest BCUT2D eigenvalue weighted by Crippen LogP contribution is -2.30. The minimum atomic E-state index is -4.37. The number of halogens is 3. The molecule has 6 heteroatoms. The van der Waals surface area contributed by atoms with E-state index in [9.17, 15) is 18.0 Å². The van der Waals surface area contributed by atoms with Crippen molar-refractivity contribution in [1.29, 1.82) is 0 Å². The van der Waals surface area contributed by atoms with Crippen molar-refractivity contribution in [2.24, 2.45) is 11.8 Å². The van der Waals surface area contributed by atoms with E-state index in [2.05, 4.69) is 18.0 Å². The van der Waals surface area contributed by atoms with Gasteiger partial charge in [-0.3, -0.25) is 9.78 Å². The summed E-state index contributed by atoms with van der Waals surface area (Å²) in [6.07, 6.45) is 7.00. The summed E-state index contributed by atoms with van der Waals surface area (Å²) in [5.74, 6) is 0.786. The number of carbonyl (C=O) groups excluding carboxylic acids is 1. The maximum Gasteiger partial charge on any atom is 0.416 e. The molecule has 0 spiro atoms. The van der Waals surface area contributed by atoms with Crippen LogP contribution in [0.2, 0.25) is 0 Å². The van der Waals surface area contributed by atoms with Gasteiger partial charge in [0.15, 0.2) is 5.78 Å². The van der Waals surface area contributed by atoms with Gasteiger partial charge in [0.25, 0.3) is 0 Å². The normalized spacial score (nSPS) is 20.6. The molecule has 2 aliphatic rings. The van der Waals surface area contributed by atoms with Gasteiger partial charge in [0, 0.05) is 37.5 Å². The number of hydrogen-bond acceptors (Lipinski definition) is 3. The number of carbonyl (C=O) groups is 1. The Balaban J connectivity index is 1.46. The van der Waals surface area contributed by atoms with E-state index in [1.165, 1.54) is 17.2 Å². The Labute approximate surface area is 205 Å². The van der Waals surface area contributed by atoms with Gasteiger partial charge >= 0.3 is 6.18 Å². The van der Waals surface area contributed by atoms with Crippen molar-refractivity contribution in [2.45, 2.75) is 65.6 Å². The highest BCUT2D eigenvalue weighted by Gasteiger charge is 2.36. The molecule has 0 saturated heterocycles. The smallest absolute Gasteiger partial charge is 0.373 e. The fraction of sp³-hybridized carbons (Fsp3) is 0.448. The van der Waals surface area contributed by atoms with Crippen LogP contribution in [0.5, 0.6) is 0 Å². The minimum Gasteiger partial charge on any atom is -0.373 e. The minimum absolute atomic E-state index is 0.160. The summed E-state index contributed by atoms with van der Waals surface area (Å²) in [6, 6.07) is 6.49. The first kappa shape index (κ1) is 25.2. The van der Waals surface area contributed by atoms with E-state index in [1.54, 1.807) is 30.6 Å². The van der Waals surface area contributed by atoms with Crippen LogP contribution in [0, 0.1) is 18.8 Å². The van der Waals surface area contributed by atoms with Crippen molar-refractivity contribution in [3.8, 4) is 0 Å². The molecule has 2 atom stereocenters. The first-order valence-electron chi connectivity index (χ1n) is 12.4. The molecular formula is C29H33F3N2O. The van der Waals surface area contributed by atoms with Gasteiger partial charge in [0.1, 0.15) is 0 Å². The van der Waals surface area contributed by atoms with Gasteiger partial charge in [-0.2, -0.15) is 13.2 Å². The largest absolute Gasteiger partial charge is 0.416 e. The third-order valence-electron chi connectivity index (χ3n) is 7.58. The third-order valence-corrected chi connectivity index (χ3v) is 7.58. The number of nitrogens with zero attached hydrogens (tertiary/aromatic N) is 2. The monoisotopic (exact) mass is 482 g/mol. The zero-order chi connectivity index (χ0) is 25.2. The number of aryl methyl sites for hydroxylation is 2. The number of aromatic nitrogens is 1. The Bertz CT molecular complexity index is 1150. The topological polar surface area (TPSA) is 33.2 Å². The lowest BCUT2D eigenvalue weighted by molar-refractivity contribution is -0.138.